The quantitative estimate of drug-likeness (QED) is 0.319. The standard InChI is InChI=1S/C17H10BrN3O4S2/c18-12-5-3-11(4-6-12)15(22)19-20-16(23)14(27-17(20)26)9-10-1-7-13(8-2-10)21(24)25/h1-9H,(H,19,22)/b14-9-. The third-order valence-electron chi connectivity index (χ3n) is 3.52. The Morgan fingerprint density at radius 2 is 1.81 bits per heavy atom. The first-order chi connectivity index (χ1) is 12.8. The Bertz CT molecular complexity index is 975. The van der Waals surface area contributed by atoms with Crippen LogP contribution in [-0.2, 0) is 4.79 Å². The summed E-state index contributed by atoms with van der Waals surface area (Å²) in [5.41, 5.74) is 3.44. The van der Waals surface area contributed by atoms with Gasteiger partial charge in [0.15, 0.2) is 4.32 Å². The number of thiocarbonyl (C=S) groups is 1. The van der Waals surface area contributed by atoms with Crippen LogP contribution in [0.15, 0.2) is 57.9 Å². The number of benzene rings is 2. The van der Waals surface area contributed by atoms with Crippen molar-refractivity contribution in [2.45, 2.75) is 0 Å². The molecule has 0 saturated carbocycles. The highest BCUT2D eigenvalue weighted by Gasteiger charge is 2.33. The molecule has 1 heterocycles. The number of nitrogens with zero attached hydrogens (tertiary/aromatic N) is 2. The second-order valence-electron chi connectivity index (χ2n) is 5.31. The molecule has 2 amide bonds. The highest BCUT2D eigenvalue weighted by atomic mass is 79.9. The van der Waals surface area contributed by atoms with Crippen molar-refractivity contribution in [1.29, 1.82) is 0 Å². The monoisotopic (exact) mass is 463 g/mol. The van der Waals surface area contributed by atoms with Crippen molar-refractivity contribution in [1.82, 2.24) is 10.4 Å². The first-order valence-electron chi connectivity index (χ1n) is 7.44. The molecule has 136 valence electrons. The molecular weight excluding hydrogens is 454 g/mol. The molecule has 2 aromatic rings. The fourth-order valence-electron chi connectivity index (χ4n) is 2.18. The third-order valence-corrected chi connectivity index (χ3v) is 5.35. The van der Waals surface area contributed by atoms with Crippen molar-refractivity contribution in [3.05, 3.63) is 79.2 Å². The van der Waals surface area contributed by atoms with Crippen LogP contribution in [-0.4, -0.2) is 26.1 Å². The lowest BCUT2D eigenvalue weighted by Crippen LogP contribution is -2.44. The number of hydrogen-bond donors (Lipinski definition) is 1. The molecule has 1 N–H and O–H groups in total. The van der Waals surface area contributed by atoms with E-state index < -0.39 is 16.7 Å². The number of hydrogen-bond acceptors (Lipinski definition) is 6. The van der Waals surface area contributed by atoms with Crippen molar-refractivity contribution in [2.75, 3.05) is 0 Å². The highest BCUT2D eigenvalue weighted by molar-refractivity contribution is 9.10. The number of nitro benzene ring substituents is 1. The predicted octanol–water partition coefficient (Wildman–Crippen LogP) is 3.90. The second-order valence-corrected chi connectivity index (χ2v) is 7.91. The van der Waals surface area contributed by atoms with E-state index in [-0.39, 0.29) is 10.0 Å². The van der Waals surface area contributed by atoms with E-state index >= 15 is 0 Å². The van der Waals surface area contributed by atoms with Crippen LogP contribution in [0.5, 0.6) is 0 Å². The smallest absolute Gasteiger partial charge is 0.267 e. The van der Waals surface area contributed by atoms with Crippen molar-refractivity contribution in [3.8, 4) is 0 Å². The van der Waals surface area contributed by atoms with Gasteiger partial charge in [0.25, 0.3) is 17.5 Å². The average Bonchev–Trinajstić information content (AvgIpc) is 2.90. The summed E-state index contributed by atoms with van der Waals surface area (Å²) in [6.07, 6.45) is 1.56. The number of hydrazine groups is 1. The SMILES string of the molecule is O=C(NN1C(=O)/C(=C/c2ccc([N+](=O)[O-])cc2)SC1=S)c1ccc(Br)cc1. The van der Waals surface area contributed by atoms with Gasteiger partial charge in [0, 0.05) is 22.2 Å². The largest absolute Gasteiger partial charge is 0.285 e. The number of amides is 2. The Morgan fingerprint density at radius 3 is 2.41 bits per heavy atom. The first kappa shape index (κ1) is 19.2. The summed E-state index contributed by atoms with van der Waals surface area (Å²) in [5, 5.41) is 11.7. The van der Waals surface area contributed by atoms with E-state index in [1.54, 1.807) is 30.3 Å². The summed E-state index contributed by atoms with van der Waals surface area (Å²) in [6, 6.07) is 12.4. The van der Waals surface area contributed by atoms with Gasteiger partial charge in [-0.15, -0.1) is 0 Å². The number of carbonyl (C=O) groups excluding carboxylic acids is 2. The van der Waals surface area contributed by atoms with Gasteiger partial charge in [0.05, 0.1) is 9.83 Å². The number of halogens is 1. The summed E-state index contributed by atoms with van der Waals surface area (Å²) in [6.45, 7) is 0. The highest BCUT2D eigenvalue weighted by Crippen LogP contribution is 2.31. The van der Waals surface area contributed by atoms with Crippen molar-refractivity contribution in [2.24, 2.45) is 0 Å². The van der Waals surface area contributed by atoms with Crippen LogP contribution in [0.4, 0.5) is 5.69 Å². The minimum Gasteiger partial charge on any atom is -0.267 e. The molecule has 0 aliphatic carbocycles. The zero-order chi connectivity index (χ0) is 19.6. The van der Waals surface area contributed by atoms with E-state index in [0.717, 1.165) is 21.2 Å². The molecule has 0 bridgehead atoms. The van der Waals surface area contributed by atoms with Crippen LogP contribution in [0, 0.1) is 10.1 Å². The van der Waals surface area contributed by atoms with Crippen molar-refractivity contribution >= 4 is 67.8 Å². The number of nitro groups is 1. The predicted molar refractivity (Wildman–Crippen MR) is 110 cm³/mol. The first-order valence-corrected chi connectivity index (χ1v) is 9.46. The Kier molecular flexibility index (Phi) is 5.68. The van der Waals surface area contributed by atoms with Gasteiger partial charge < -0.3 is 0 Å². The molecule has 0 unspecified atom stereocenters. The van der Waals surface area contributed by atoms with Crippen LogP contribution in [0.1, 0.15) is 15.9 Å². The maximum Gasteiger partial charge on any atom is 0.285 e. The van der Waals surface area contributed by atoms with Gasteiger partial charge >= 0.3 is 0 Å². The Labute approximate surface area is 171 Å². The molecule has 1 aliphatic heterocycles. The molecule has 0 atom stereocenters. The van der Waals surface area contributed by atoms with Crippen LogP contribution < -0.4 is 5.43 Å². The minimum absolute atomic E-state index is 0.0403. The van der Waals surface area contributed by atoms with Gasteiger partial charge in [-0.3, -0.25) is 25.1 Å². The topological polar surface area (TPSA) is 92.6 Å². The maximum atomic E-state index is 12.5. The van der Waals surface area contributed by atoms with Crippen LogP contribution >= 0.6 is 39.9 Å². The van der Waals surface area contributed by atoms with Crippen LogP contribution in [0.25, 0.3) is 6.08 Å². The number of thioether (sulfide) groups is 1. The molecule has 0 aromatic heterocycles. The number of non-ortho nitro benzene ring substituents is 1. The van der Waals surface area contributed by atoms with E-state index in [4.69, 9.17) is 12.2 Å². The summed E-state index contributed by atoms with van der Waals surface area (Å²) < 4.78 is 1.02. The summed E-state index contributed by atoms with van der Waals surface area (Å²) >= 11 is 9.50. The Morgan fingerprint density at radius 1 is 1.19 bits per heavy atom. The van der Waals surface area contributed by atoms with Gasteiger partial charge in [-0.05, 0) is 60.3 Å². The third kappa shape index (κ3) is 4.41. The lowest BCUT2D eigenvalue weighted by molar-refractivity contribution is -0.384. The van der Waals surface area contributed by atoms with Gasteiger partial charge in [-0.1, -0.05) is 27.7 Å². The maximum absolute atomic E-state index is 12.5. The lowest BCUT2D eigenvalue weighted by atomic mass is 10.2. The molecule has 0 spiro atoms. The molecule has 27 heavy (non-hydrogen) atoms. The van der Waals surface area contributed by atoms with E-state index in [0.29, 0.717) is 16.0 Å². The summed E-state index contributed by atoms with van der Waals surface area (Å²) in [7, 11) is 0. The number of nitrogens with one attached hydrogen (secondary N) is 1. The molecule has 0 radical (unpaired) electrons. The van der Waals surface area contributed by atoms with Crippen molar-refractivity contribution in [3.63, 3.8) is 0 Å². The van der Waals surface area contributed by atoms with Crippen LogP contribution in [0.3, 0.4) is 0 Å². The fraction of sp³-hybridized carbons (Fsp3) is 0. The van der Waals surface area contributed by atoms with E-state index in [1.807, 2.05) is 0 Å². The summed E-state index contributed by atoms with van der Waals surface area (Å²) in [4.78, 5) is 35.3. The average molecular weight is 464 g/mol. The minimum atomic E-state index is -0.499. The van der Waals surface area contributed by atoms with Crippen LogP contribution in [0.2, 0.25) is 0 Å². The second kappa shape index (κ2) is 7.99. The zero-order valence-corrected chi connectivity index (χ0v) is 16.6. The normalized spacial score (nSPS) is 15.3. The molecule has 10 heteroatoms. The number of carbonyl (C=O) groups is 2. The van der Waals surface area contributed by atoms with Gasteiger partial charge in [0.1, 0.15) is 0 Å². The molecule has 3 rings (SSSR count). The molecule has 1 saturated heterocycles. The Hall–Kier alpha value is -2.56. The molecule has 1 aliphatic rings. The molecule has 7 nitrogen and oxygen atoms in total. The van der Waals surface area contributed by atoms with Gasteiger partial charge in [-0.25, -0.2) is 0 Å². The molecule has 1 fully saturated rings. The van der Waals surface area contributed by atoms with E-state index in [9.17, 15) is 19.7 Å². The molecular formula is C17H10BrN3O4S2. The number of rotatable bonds is 4. The molecule has 2 aromatic carbocycles. The lowest BCUT2D eigenvalue weighted by Gasteiger charge is -2.15. The zero-order valence-electron chi connectivity index (χ0n) is 13.4. The summed E-state index contributed by atoms with van der Waals surface area (Å²) in [5.74, 6) is -0.927. The fourth-order valence-corrected chi connectivity index (χ4v) is 3.62. The van der Waals surface area contributed by atoms with E-state index in [2.05, 4.69) is 21.4 Å². The van der Waals surface area contributed by atoms with Gasteiger partial charge in [-0.2, -0.15) is 5.01 Å². The Balaban J connectivity index is 1.75. The van der Waals surface area contributed by atoms with E-state index in [1.165, 1.54) is 24.3 Å². The van der Waals surface area contributed by atoms with Gasteiger partial charge in [0.2, 0.25) is 0 Å². The van der Waals surface area contributed by atoms with Crippen molar-refractivity contribution < 1.29 is 14.5 Å².